The molecule has 5 nitrogen and oxygen atoms in total. The summed E-state index contributed by atoms with van der Waals surface area (Å²) in [5.74, 6) is 0.894. The number of halogens is 1. The Balaban J connectivity index is 0.00000729. The van der Waals surface area contributed by atoms with E-state index in [0.29, 0.717) is 6.04 Å². The fourth-order valence-electron chi connectivity index (χ4n) is 3.42. The lowest BCUT2D eigenvalue weighted by Crippen LogP contribution is -2.43. The minimum Gasteiger partial charge on any atom is -0.356 e. The van der Waals surface area contributed by atoms with Crippen LogP contribution in [0.15, 0.2) is 35.3 Å². The average Bonchev–Trinajstić information content (AvgIpc) is 2.72. The molecule has 0 aliphatic rings. The van der Waals surface area contributed by atoms with Crippen molar-refractivity contribution in [1.82, 2.24) is 20.4 Å². The molecule has 1 rings (SSSR count). The Labute approximate surface area is 190 Å². The van der Waals surface area contributed by atoms with Crippen molar-refractivity contribution in [1.29, 1.82) is 0 Å². The maximum Gasteiger partial charge on any atom is 0.191 e. The van der Waals surface area contributed by atoms with E-state index in [1.165, 1.54) is 18.5 Å². The summed E-state index contributed by atoms with van der Waals surface area (Å²) < 4.78 is 0. The molecule has 0 bridgehead atoms. The van der Waals surface area contributed by atoms with Gasteiger partial charge in [-0.3, -0.25) is 9.89 Å². The van der Waals surface area contributed by atoms with E-state index in [1.807, 2.05) is 7.05 Å². The minimum atomic E-state index is 0. The highest BCUT2D eigenvalue weighted by Gasteiger charge is 2.18. The smallest absolute Gasteiger partial charge is 0.191 e. The van der Waals surface area contributed by atoms with Crippen molar-refractivity contribution in [2.75, 3.05) is 52.9 Å². The van der Waals surface area contributed by atoms with Gasteiger partial charge in [0.05, 0.1) is 6.04 Å². The first kappa shape index (κ1) is 27.1. The van der Waals surface area contributed by atoms with E-state index < -0.39 is 0 Å². The van der Waals surface area contributed by atoms with Crippen LogP contribution < -0.4 is 10.6 Å². The van der Waals surface area contributed by atoms with Gasteiger partial charge in [0.15, 0.2) is 5.96 Å². The molecule has 0 fully saturated rings. The Morgan fingerprint density at radius 3 is 2.11 bits per heavy atom. The lowest BCUT2D eigenvalue weighted by molar-refractivity contribution is 0.219. The SMILES string of the molecule is CCN(CC)CCCCNC(=NC)NCC(c1ccccc1)N(CC)CC.I. The summed E-state index contributed by atoms with van der Waals surface area (Å²) in [7, 11) is 1.85. The zero-order valence-electron chi connectivity index (χ0n) is 18.6. The molecule has 0 saturated carbocycles. The monoisotopic (exact) mass is 503 g/mol. The summed E-state index contributed by atoms with van der Waals surface area (Å²) in [4.78, 5) is 9.35. The molecule has 1 atom stereocenters. The Morgan fingerprint density at radius 1 is 0.929 bits per heavy atom. The molecule has 0 amide bonds. The van der Waals surface area contributed by atoms with Crippen LogP contribution in [0.25, 0.3) is 0 Å². The maximum absolute atomic E-state index is 4.40. The molecule has 1 aromatic carbocycles. The van der Waals surface area contributed by atoms with Crippen LogP contribution in [0, 0.1) is 0 Å². The van der Waals surface area contributed by atoms with Gasteiger partial charge in [-0.1, -0.05) is 58.0 Å². The summed E-state index contributed by atoms with van der Waals surface area (Å²) in [6.07, 6.45) is 2.38. The van der Waals surface area contributed by atoms with Gasteiger partial charge in [0.1, 0.15) is 0 Å². The number of unbranched alkanes of at least 4 members (excludes halogenated alkanes) is 1. The van der Waals surface area contributed by atoms with Crippen LogP contribution in [-0.2, 0) is 0 Å². The third-order valence-electron chi connectivity index (χ3n) is 5.21. The van der Waals surface area contributed by atoms with E-state index >= 15 is 0 Å². The molecule has 0 aliphatic heterocycles. The number of guanidine groups is 1. The zero-order valence-corrected chi connectivity index (χ0v) is 20.9. The van der Waals surface area contributed by atoms with Gasteiger partial charge in [-0.25, -0.2) is 0 Å². The van der Waals surface area contributed by atoms with E-state index in [4.69, 9.17) is 0 Å². The quantitative estimate of drug-likeness (QED) is 0.185. The molecule has 0 aliphatic carbocycles. The third-order valence-corrected chi connectivity index (χ3v) is 5.21. The van der Waals surface area contributed by atoms with Crippen LogP contribution in [0.3, 0.4) is 0 Å². The van der Waals surface area contributed by atoms with Crippen LogP contribution in [0.2, 0.25) is 0 Å². The molecule has 0 heterocycles. The van der Waals surface area contributed by atoms with Gasteiger partial charge < -0.3 is 15.5 Å². The summed E-state index contributed by atoms with van der Waals surface area (Å²) in [6, 6.07) is 11.1. The van der Waals surface area contributed by atoms with E-state index in [9.17, 15) is 0 Å². The van der Waals surface area contributed by atoms with Crippen LogP contribution in [-0.4, -0.2) is 68.6 Å². The average molecular weight is 504 g/mol. The molecular formula is C22H42IN5. The normalized spacial score (nSPS) is 12.8. The maximum atomic E-state index is 4.40. The second-order valence-electron chi connectivity index (χ2n) is 6.76. The number of benzene rings is 1. The zero-order chi connectivity index (χ0) is 19.9. The predicted molar refractivity (Wildman–Crippen MR) is 134 cm³/mol. The highest BCUT2D eigenvalue weighted by atomic mass is 127. The Kier molecular flexibility index (Phi) is 16.5. The van der Waals surface area contributed by atoms with Crippen molar-refractivity contribution in [2.24, 2.45) is 4.99 Å². The largest absolute Gasteiger partial charge is 0.356 e. The fourth-order valence-corrected chi connectivity index (χ4v) is 3.42. The van der Waals surface area contributed by atoms with Crippen molar-refractivity contribution in [3.8, 4) is 0 Å². The van der Waals surface area contributed by atoms with Crippen molar-refractivity contribution in [2.45, 2.75) is 46.6 Å². The highest BCUT2D eigenvalue weighted by molar-refractivity contribution is 14.0. The van der Waals surface area contributed by atoms with Crippen LogP contribution in [0.1, 0.15) is 52.1 Å². The number of likely N-dealkylation sites (N-methyl/N-ethyl adjacent to an activating group) is 1. The van der Waals surface area contributed by atoms with Gasteiger partial charge in [-0.15, -0.1) is 24.0 Å². The molecule has 1 unspecified atom stereocenters. The van der Waals surface area contributed by atoms with Crippen molar-refractivity contribution >= 4 is 29.9 Å². The van der Waals surface area contributed by atoms with E-state index in [1.54, 1.807) is 0 Å². The molecule has 0 aromatic heterocycles. The second kappa shape index (κ2) is 17.0. The van der Waals surface area contributed by atoms with E-state index in [-0.39, 0.29) is 24.0 Å². The lowest BCUT2D eigenvalue weighted by atomic mass is 10.1. The second-order valence-corrected chi connectivity index (χ2v) is 6.76. The summed E-state index contributed by atoms with van der Waals surface area (Å²) in [5, 5.41) is 6.99. The Morgan fingerprint density at radius 2 is 1.57 bits per heavy atom. The molecule has 6 heteroatoms. The van der Waals surface area contributed by atoms with Gasteiger partial charge in [-0.05, 0) is 51.1 Å². The molecule has 0 saturated heterocycles. The van der Waals surface area contributed by atoms with Gasteiger partial charge in [0.2, 0.25) is 0 Å². The Hall–Kier alpha value is -0.860. The Bertz CT molecular complexity index is 501. The summed E-state index contributed by atoms with van der Waals surface area (Å²) in [5.41, 5.74) is 1.35. The number of nitrogens with zero attached hydrogens (tertiary/aromatic N) is 3. The first-order valence-electron chi connectivity index (χ1n) is 10.7. The highest BCUT2D eigenvalue weighted by Crippen LogP contribution is 2.19. The fraction of sp³-hybridized carbons (Fsp3) is 0.682. The van der Waals surface area contributed by atoms with Crippen LogP contribution in [0.5, 0.6) is 0 Å². The predicted octanol–water partition coefficient (Wildman–Crippen LogP) is 3.97. The number of rotatable bonds is 13. The molecule has 1 aromatic rings. The lowest BCUT2D eigenvalue weighted by Gasteiger charge is -2.30. The number of nitrogens with one attached hydrogen (secondary N) is 2. The van der Waals surface area contributed by atoms with Gasteiger partial charge >= 0.3 is 0 Å². The molecule has 2 N–H and O–H groups in total. The minimum absolute atomic E-state index is 0. The molecule has 0 radical (unpaired) electrons. The number of aliphatic imine (C=N–C) groups is 1. The first-order chi connectivity index (χ1) is 13.2. The van der Waals surface area contributed by atoms with Crippen molar-refractivity contribution in [3.05, 3.63) is 35.9 Å². The topological polar surface area (TPSA) is 42.9 Å². The van der Waals surface area contributed by atoms with Gasteiger partial charge in [-0.2, -0.15) is 0 Å². The molecule has 28 heavy (non-hydrogen) atoms. The van der Waals surface area contributed by atoms with Gasteiger partial charge in [0, 0.05) is 20.1 Å². The standard InChI is InChI=1S/C22H41N5.HI/c1-6-26(7-2)18-14-13-17-24-22(23-5)25-19-21(27(8-3)9-4)20-15-11-10-12-16-20;/h10-12,15-16,21H,6-9,13-14,17-19H2,1-5H3,(H2,23,24,25);1H. The molecule has 0 spiro atoms. The first-order valence-corrected chi connectivity index (χ1v) is 10.7. The van der Waals surface area contributed by atoms with E-state index in [2.05, 4.69) is 83.5 Å². The van der Waals surface area contributed by atoms with Crippen LogP contribution in [0.4, 0.5) is 0 Å². The summed E-state index contributed by atoms with van der Waals surface area (Å²) in [6.45, 7) is 16.2. The molecular weight excluding hydrogens is 461 g/mol. The van der Waals surface area contributed by atoms with E-state index in [0.717, 1.165) is 51.6 Å². The third kappa shape index (κ3) is 10.1. The number of hydrogen-bond acceptors (Lipinski definition) is 3. The summed E-state index contributed by atoms with van der Waals surface area (Å²) >= 11 is 0. The van der Waals surface area contributed by atoms with Gasteiger partial charge in [0.25, 0.3) is 0 Å². The van der Waals surface area contributed by atoms with Crippen molar-refractivity contribution < 1.29 is 0 Å². The van der Waals surface area contributed by atoms with Crippen molar-refractivity contribution in [3.63, 3.8) is 0 Å². The van der Waals surface area contributed by atoms with Crippen LogP contribution >= 0.6 is 24.0 Å². The number of hydrogen-bond donors (Lipinski definition) is 2. The molecule has 162 valence electrons.